The van der Waals surface area contributed by atoms with E-state index in [0.717, 1.165) is 38.5 Å². The number of ketones is 1. The summed E-state index contributed by atoms with van der Waals surface area (Å²) >= 11 is 0. The number of hydrogen-bond acceptors (Lipinski definition) is 3. The van der Waals surface area contributed by atoms with Gasteiger partial charge in [0.15, 0.2) is 5.78 Å². The lowest BCUT2D eigenvalue weighted by Crippen LogP contribution is -2.14. The second-order valence-electron chi connectivity index (χ2n) is 6.39. The van der Waals surface area contributed by atoms with Crippen LogP contribution in [0.25, 0.3) is 0 Å². The molecule has 0 spiro atoms. The predicted molar refractivity (Wildman–Crippen MR) is 95.7 cm³/mol. The zero-order valence-corrected chi connectivity index (χ0v) is 14.6. The number of hydrogen-bond donors (Lipinski definition) is 2. The SMILES string of the molecule is CCCCCC(O)/C=C/[C@H]1C(=O)C=C[C@@H]1C/C=C\CCCC(=O)O. The van der Waals surface area contributed by atoms with Crippen molar-refractivity contribution in [2.45, 2.75) is 64.4 Å². The zero-order valence-electron chi connectivity index (χ0n) is 14.6. The summed E-state index contributed by atoms with van der Waals surface area (Å²) in [6.45, 7) is 2.13. The van der Waals surface area contributed by atoms with Gasteiger partial charge in [0.25, 0.3) is 0 Å². The first-order valence-electron chi connectivity index (χ1n) is 8.99. The van der Waals surface area contributed by atoms with Crippen LogP contribution in [0.2, 0.25) is 0 Å². The largest absolute Gasteiger partial charge is 0.481 e. The number of aliphatic hydroxyl groups excluding tert-OH is 1. The highest BCUT2D eigenvalue weighted by atomic mass is 16.4. The highest BCUT2D eigenvalue weighted by Crippen LogP contribution is 2.27. The van der Waals surface area contributed by atoms with Gasteiger partial charge in [-0.05, 0) is 37.7 Å². The third-order valence-electron chi connectivity index (χ3n) is 4.28. The molecule has 134 valence electrons. The topological polar surface area (TPSA) is 74.6 Å². The summed E-state index contributed by atoms with van der Waals surface area (Å²) in [5, 5.41) is 18.5. The molecule has 0 aromatic rings. The minimum atomic E-state index is -0.768. The molecule has 4 nitrogen and oxygen atoms in total. The van der Waals surface area contributed by atoms with E-state index in [1.807, 2.05) is 24.3 Å². The fourth-order valence-corrected chi connectivity index (χ4v) is 2.81. The van der Waals surface area contributed by atoms with E-state index in [1.165, 1.54) is 0 Å². The molecule has 1 aliphatic rings. The standard InChI is InChI=1S/C20H30O4/c1-2-3-6-10-17(21)13-14-18-16(12-15-19(18)22)9-7-4-5-8-11-20(23)24/h4,7,12-18,21H,2-3,5-6,8-11H2,1H3,(H,23,24)/b7-4-,14-13+/t16-,17?,18+/m0/s1. The summed E-state index contributed by atoms with van der Waals surface area (Å²) in [6.07, 6.45) is 17.0. The monoisotopic (exact) mass is 334 g/mol. The van der Waals surface area contributed by atoms with Gasteiger partial charge in [0.05, 0.1) is 6.10 Å². The van der Waals surface area contributed by atoms with Crippen LogP contribution in [-0.4, -0.2) is 28.1 Å². The Morgan fingerprint density at radius 3 is 2.79 bits per heavy atom. The molecule has 4 heteroatoms. The molecule has 3 atom stereocenters. The van der Waals surface area contributed by atoms with Crippen LogP contribution in [0, 0.1) is 11.8 Å². The molecule has 0 amide bonds. The molecule has 2 N–H and O–H groups in total. The van der Waals surface area contributed by atoms with E-state index in [9.17, 15) is 14.7 Å². The Kier molecular flexibility index (Phi) is 10.0. The maximum atomic E-state index is 12.0. The van der Waals surface area contributed by atoms with Crippen molar-refractivity contribution in [2.75, 3.05) is 0 Å². The first kappa shape index (κ1) is 20.4. The van der Waals surface area contributed by atoms with Crippen LogP contribution >= 0.6 is 0 Å². The summed E-state index contributed by atoms with van der Waals surface area (Å²) in [5.74, 6) is -0.728. The molecule has 0 aliphatic heterocycles. The highest BCUT2D eigenvalue weighted by Gasteiger charge is 2.26. The van der Waals surface area contributed by atoms with Crippen LogP contribution in [0.3, 0.4) is 0 Å². The zero-order chi connectivity index (χ0) is 17.8. The van der Waals surface area contributed by atoms with Crippen LogP contribution in [0.5, 0.6) is 0 Å². The van der Waals surface area contributed by atoms with Gasteiger partial charge >= 0.3 is 5.97 Å². The Balaban J connectivity index is 2.38. The van der Waals surface area contributed by atoms with Gasteiger partial charge in [-0.25, -0.2) is 0 Å². The second kappa shape index (κ2) is 11.8. The Morgan fingerprint density at radius 1 is 1.29 bits per heavy atom. The highest BCUT2D eigenvalue weighted by molar-refractivity contribution is 5.95. The van der Waals surface area contributed by atoms with Gasteiger partial charge in [-0.15, -0.1) is 0 Å². The quantitative estimate of drug-likeness (QED) is 0.417. The van der Waals surface area contributed by atoms with Crippen molar-refractivity contribution in [1.82, 2.24) is 0 Å². The lowest BCUT2D eigenvalue weighted by Gasteiger charge is -2.13. The molecule has 1 unspecified atom stereocenters. The maximum Gasteiger partial charge on any atom is 0.303 e. The third-order valence-corrected chi connectivity index (χ3v) is 4.28. The van der Waals surface area contributed by atoms with Gasteiger partial charge in [0.1, 0.15) is 0 Å². The van der Waals surface area contributed by atoms with Gasteiger partial charge in [0.2, 0.25) is 0 Å². The number of rotatable bonds is 12. The number of aliphatic carboxylic acids is 1. The molecular weight excluding hydrogens is 304 g/mol. The molecule has 0 fully saturated rings. The van der Waals surface area contributed by atoms with Gasteiger partial charge < -0.3 is 10.2 Å². The number of aliphatic hydroxyl groups is 1. The van der Waals surface area contributed by atoms with E-state index in [-0.39, 0.29) is 24.0 Å². The second-order valence-corrected chi connectivity index (χ2v) is 6.39. The Morgan fingerprint density at radius 2 is 2.08 bits per heavy atom. The van der Waals surface area contributed by atoms with Gasteiger partial charge in [-0.3, -0.25) is 9.59 Å². The van der Waals surface area contributed by atoms with E-state index in [1.54, 1.807) is 12.2 Å². The Labute approximate surface area is 145 Å². The molecule has 0 heterocycles. The maximum absolute atomic E-state index is 12.0. The average molecular weight is 334 g/mol. The summed E-state index contributed by atoms with van der Waals surface area (Å²) < 4.78 is 0. The molecule has 0 saturated carbocycles. The number of carbonyl (C=O) groups is 2. The Hall–Kier alpha value is -1.68. The fraction of sp³-hybridized carbons (Fsp3) is 0.600. The summed E-state index contributed by atoms with van der Waals surface area (Å²) in [7, 11) is 0. The molecule has 0 aromatic carbocycles. The van der Waals surface area contributed by atoms with Crippen molar-refractivity contribution in [2.24, 2.45) is 11.8 Å². The van der Waals surface area contributed by atoms with Crippen molar-refractivity contribution in [3.05, 3.63) is 36.5 Å². The van der Waals surface area contributed by atoms with Crippen LogP contribution in [0.15, 0.2) is 36.5 Å². The minimum Gasteiger partial charge on any atom is -0.481 e. The first-order valence-corrected chi connectivity index (χ1v) is 8.99. The molecule has 0 bridgehead atoms. The first-order chi connectivity index (χ1) is 11.5. The van der Waals surface area contributed by atoms with Crippen LogP contribution in [-0.2, 0) is 9.59 Å². The number of carboxylic acid groups (broad SMARTS) is 1. The van der Waals surface area contributed by atoms with Crippen molar-refractivity contribution < 1.29 is 19.8 Å². The van der Waals surface area contributed by atoms with Crippen LogP contribution in [0.4, 0.5) is 0 Å². The van der Waals surface area contributed by atoms with Gasteiger partial charge in [-0.2, -0.15) is 0 Å². The van der Waals surface area contributed by atoms with E-state index in [0.29, 0.717) is 6.42 Å². The summed E-state index contributed by atoms with van der Waals surface area (Å²) in [5.41, 5.74) is 0. The van der Waals surface area contributed by atoms with Gasteiger partial charge in [-0.1, -0.05) is 56.6 Å². The van der Waals surface area contributed by atoms with Crippen molar-refractivity contribution >= 4 is 11.8 Å². The molecule has 1 aliphatic carbocycles. The number of carbonyl (C=O) groups excluding carboxylic acids is 1. The summed E-state index contributed by atoms with van der Waals surface area (Å²) in [4.78, 5) is 22.4. The predicted octanol–water partition coefficient (Wildman–Crippen LogP) is 4.06. The normalized spacial score (nSPS) is 22.0. The summed E-state index contributed by atoms with van der Waals surface area (Å²) in [6, 6.07) is 0. The van der Waals surface area contributed by atoms with Crippen molar-refractivity contribution in [1.29, 1.82) is 0 Å². The van der Waals surface area contributed by atoms with Crippen molar-refractivity contribution in [3.63, 3.8) is 0 Å². The molecular formula is C20H30O4. The van der Waals surface area contributed by atoms with E-state index >= 15 is 0 Å². The molecule has 0 radical (unpaired) electrons. The smallest absolute Gasteiger partial charge is 0.303 e. The van der Waals surface area contributed by atoms with Gasteiger partial charge in [0, 0.05) is 12.3 Å². The third kappa shape index (κ3) is 8.25. The van der Waals surface area contributed by atoms with Crippen LogP contribution in [0.1, 0.15) is 58.3 Å². The molecule has 24 heavy (non-hydrogen) atoms. The number of allylic oxidation sites excluding steroid dienone is 5. The molecule has 1 rings (SSSR count). The lowest BCUT2D eigenvalue weighted by atomic mass is 9.90. The lowest BCUT2D eigenvalue weighted by molar-refractivity contribution is -0.137. The van der Waals surface area contributed by atoms with E-state index < -0.39 is 12.1 Å². The van der Waals surface area contributed by atoms with Crippen LogP contribution < -0.4 is 0 Å². The number of unbranched alkanes of at least 4 members (excludes halogenated alkanes) is 3. The minimum absolute atomic E-state index is 0.0938. The van der Waals surface area contributed by atoms with Crippen molar-refractivity contribution in [3.8, 4) is 0 Å². The fourth-order valence-electron chi connectivity index (χ4n) is 2.81. The average Bonchev–Trinajstić information content (AvgIpc) is 2.89. The Bertz CT molecular complexity index is 476. The number of carboxylic acids is 1. The molecule has 0 aromatic heterocycles. The molecule has 0 saturated heterocycles. The van der Waals surface area contributed by atoms with E-state index in [4.69, 9.17) is 5.11 Å². The van der Waals surface area contributed by atoms with E-state index in [2.05, 4.69) is 6.92 Å².